The van der Waals surface area contributed by atoms with Gasteiger partial charge in [-0.3, -0.25) is 0 Å². The van der Waals surface area contributed by atoms with E-state index in [2.05, 4.69) is 0 Å². The van der Waals surface area contributed by atoms with Gasteiger partial charge in [0.1, 0.15) is 0 Å². The third kappa shape index (κ3) is 11.1. The van der Waals surface area contributed by atoms with E-state index in [1.165, 1.54) is 0 Å². The fourth-order valence-electron chi connectivity index (χ4n) is 0. The summed E-state index contributed by atoms with van der Waals surface area (Å²) in [4.78, 5) is 0. The average molecular weight is 267 g/mol. The first kappa shape index (κ1) is 5.14. The zero-order valence-electron chi connectivity index (χ0n) is 1.66. The van der Waals surface area contributed by atoms with Crippen molar-refractivity contribution in [2.75, 3.05) is 0 Å². The second-order valence-corrected chi connectivity index (χ2v) is 4.43. The minimum absolute atomic E-state index is 0.444. The van der Waals surface area contributed by atoms with Crippen LogP contribution in [0.15, 0.2) is 0 Å². The van der Waals surface area contributed by atoms with E-state index in [0.717, 1.165) is 19.4 Å². The maximum absolute atomic E-state index is 4.99. The van der Waals surface area contributed by atoms with Crippen LogP contribution < -0.4 is 0 Å². The molecule has 0 bridgehead atoms. The molecule has 0 aliphatic heterocycles. The maximum atomic E-state index is 4.99. The summed E-state index contributed by atoms with van der Waals surface area (Å²) in [5.74, 6) is 0. The first-order valence-corrected chi connectivity index (χ1v) is 2.80. The Morgan fingerprint density at radius 1 is 1.50 bits per heavy atom. The molecule has 0 nitrogen and oxygen atoms in total. The molecule has 0 aromatic rings. The van der Waals surface area contributed by atoms with Gasteiger partial charge in [0.25, 0.3) is 0 Å². The molecule has 3 heteroatoms. The molecule has 0 aliphatic rings. The molecule has 0 saturated heterocycles. The normalized spacial score (nSPS) is 6.50. The Kier molecular flexibility index (Phi) is 3.06. The van der Waals surface area contributed by atoms with Gasteiger partial charge in [-0.1, -0.05) is 0 Å². The molecule has 0 unspecified atom stereocenters. The van der Waals surface area contributed by atoms with E-state index < -0.39 is 0 Å². The van der Waals surface area contributed by atoms with Crippen molar-refractivity contribution < 1.29 is 19.4 Å². The third-order valence-corrected chi connectivity index (χ3v) is 0. The Bertz CT molecular complexity index is 29.0. The van der Waals surface area contributed by atoms with E-state index in [9.17, 15) is 0 Å². The van der Waals surface area contributed by atoms with Gasteiger partial charge in [0.2, 0.25) is 0 Å². The monoisotopic (exact) mass is 266 g/mol. The van der Waals surface area contributed by atoms with Gasteiger partial charge in [0, 0.05) is 0 Å². The molecule has 0 rings (SSSR count). The molecule has 0 amide bonds. The van der Waals surface area contributed by atoms with E-state index in [0.29, 0.717) is 2.82 Å². The van der Waals surface area contributed by atoms with Crippen LogP contribution in [0.2, 0.25) is 0 Å². The summed E-state index contributed by atoms with van der Waals surface area (Å²) in [5, 5.41) is 0. The van der Waals surface area contributed by atoms with Crippen LogP contribution in [0.4, 0.5) is 0 Å². The average Bonchev–Trinajstić information content (AvgIpc) is 0.811. The molecular formula is CCl2W. The zero-order chi connectivity index (χ0) is 3.58. The SMILES string of the molecule is Cl[C](Cl)=[W]. The Labute approximate surface area is 45.5 Å². The summed E-state index contributed by atoms with van der Waals surface area (Å²) in [6, 6.07) is 0. The van der Waals surface area contributed by atoms with E-state index in [4.69, 9.17) is 23.2 Å². The first-order valence-electron chi connectivity index (χ1n) is 0.582. The van der Waals surface area contributed by atoms with Crippen LogP contribution in [0.3, 0.4) is 0 Å². The van der Waals surface area contributed by atoms with Crippen molar-refractivity contribution in [2.45, 2.75) is 0 Å². The van der Waals surface area contributed by atoms with Gasteiger partial charge in [0.05, 0.1) is 0 Å². The molecule has 0 aromatic heterocycles. The second kappa shape index (κ2) is 2.38. The second-order valence-electron chi connectivity index (χ2n) is 0.226. The fraction of sp³-hybridized carbons (Fsp3) is 0. The predicted octanol–water partition coefficient (Wildman–Crippen LogP) is 1.10. The molecule has 0 radical (unpaired) electrons. The molecule has 0 heterocycles. The van der Waals surface area contributed by atoms with Gasteiger partial charge in [-0.25, -0.2) is 0 Å². The van der Waals surface area contributed by atoms with E-state index in [1.54, 1.807) is 0 Å². The van der Waals surface area contributed by atoms with Crippen LogP contribution in [0.1, 0.15) is 0 Å². The molecule has 0 fully saturated rings. The van der Waals surface area contributed by atoms with Crippen molar-refractivity contribution in [3.8, 4) is 0 Å². The summed E-state index contributed by atoms with van der Waals surface area (Å²) in [5.41, 5.74) is 0. The van der Waals surface area contributed by atoms with Crippen LogP contribution in [0, 0.1) is 0 Å². The summed E-state index contributed by atoms with van der Waals surface area (Å²) >= 11 is 11.1. The molecule has 0 spiro atoms. The van der Waals surface area contributed by atoms with E-state index in [1.807, 2.05) is 0 Å². The number of rotatable bonds is 0. The van der Waals surface area contributed by atoms with Gasteiger partial charge in [0.15, 0.2) is 0 Å². The van der Waals surface area contributed by atoms with Crippen LogP contribution in [-0.2, 0) is 19.4 Å². The predicted molar refractivity (Wildman–Crippen MR) is 16.7 cm³/mol. The van der Waals surface area contributed by atoms with Crippen LogP contribution in [0.5, 0.6) is 0 Å². The molecule has 0 aromatic carbocycles. The molecule has 0 atom stereocenters. The van der Waals surface area contributed by atoms with E-state index in [-0.39, 0.29) is 0 Å². The van der Waals surface area contributed by atoms with Gasteiger partial charge in [-0.2, -0.15) is 0 Å². The Balaban J connectivity index is 2.80. The molecular weight excluding hydrogens is 267 g/mol. The van der Waals surface area contributed by atoms with Crippen LogP contribution in [-0.4, -0.2) is 2.82 Å². The van der Waals surface area contributed by atoms with Gasteiger partial charge < -0.3 is 0 Å². The van der Waals surface area contributed by atoms with Gasteiger partial charge in [-0.05, 0) is 0 Å². The van der Waals surface area contributed by atoms with Crippen LogP contribution in [0.25, 0.3) is 0 Å². The van der Waals surface area contributed by atoms with Crippen molar-refractivity contribution in [2.24, 2.45) is 0 Å². The molecule has 0 saturated carbocycles. The number of halogens is 2. The Hall–Kier alpha value is 1.14. The van der Waals surface area contributed by atoms with Crippen molar-refractivity contribution in [3.05, 3.63) is 0 Å². The van der Waals surface area contributed by atoms with Gasteiger partial charge in [-0.15, -0.1) is 0 Å². The molecule has 0 N–H and O–H groups in total. The molecule has 4 heavy (non-hydrogen) atoms. The topological polar surface area (TPSA) is 0 Å². The quantitative estimate of drug-likeness (QED) is 0.616. The summed E-state index contributed by atoms with van der Waals surface area (Å²) in [6.07, 6.45) is 0. The van der Waals surface area contributed by atoms with Crippen molar-refractivity contribution in [1.29, 1.82) is 0 Å². The van der Waals surface area contributed by atoms with Crippen molar-refractivity contribution >= 4 is 26.0 Å². The summed E-state index contributed by atoms with van der Waals surface area (Å²) < 4.78 is 0.444. The Morgan fingerprint density at radius 3 is 1.50 bits per heavy atom. The Morgan fingerprint density at radius 2 is 1.50 bits per heavy atom. The minimum atomic E-state index is 0.444. The van der Waals surface area contributed by atoms with Crippen LogP contribution >= 0.6 is 23.2 Å². The molecule has 24 valence electrons. The number of hydrogen-bond acceptors (Lipinski definition) is 0. The summed E-state index contributed by atoms with van der Waals surface area (Å²) in [6.45, 7) is 0. The summed E-state index contributed by atoms with van der Waals surface area (Å²) in [7, 11) is 0. The van der Waals surface area contributed by atoms with Gasteiger partial charge >= 0.3 is 45.4 Å². The third-order valence-electron chi connectivity index (χ3n) is 0. The first-order chi connectivity index (χ1) is 1.73. The van der Waals surface area contributed by atoms with Crippen molar-refractivity contribution in [3.63, 3.8) is 0 Å². The number of hydrogen-bond donors (Lipinski definition) is 0. The zero-order valence-corrected chi connectivity index (χ0v) is 6.11. The standard InChI is InChI=1S/CCl2.W/c2-1-3;. The fourth-order valence-corrected chi connectivity index (χ4v) is 0. The van der Waals surface area contributed by atoms with Crippen molar-refractivity contribution in [1.82, 2.24) is 0 Å². The molecule has 0 aliphatic carbocycles. The van der Waals surface area contributed by atoms with E-state index >= 15 is 0 Å².